The summed E-state index contributed by atoms with van der Waals surface area (Å²) in [6.45, 7) is 3.94. The van der Waals surface area contributed by atoms with Gasteiger partial charge in [-0.05, 0) is 104 Å². The third-order valence-electron chi connectivity index (χ3n) is 6.60. The minimum atomic E-state index is -3.70. The van der Waals surface area contributed by atoms with Crippen molar-refractivity contribution < 1.29 is 34.5 Å². The Bertz CT molecular complexity index is 2060. The van der Waals surface area contributed by atoms with Gasteiger partial charge in [-0.25, -0.2) is 16.8 Å². The minimum Gasteiger partial charge on any atom is -0.457 e. The highest BCUT2D eigenvalue weighted by Crippen LogP contribution is 2.28. The summed E-state index contributed by atoms with van der Waals surface area (Å²) in [7, 11) is -11.0. The highest BCUT2D eigenvalue weighted by Gasteiger charge is 2.19. The van der Waals surface area contributed by atoms with Crippen LogP contribution in [0.4, 0.5) is 0 Å². The van der Waals surface area contributed by atoms with Gasteiger partial charge in [-0.3, -0.25) is 4.55 Å². The molecule has 0 aliphatic heterocycles. The Labute approximate surface area is 264 Å². The highest BCUT2D eigenvalue weighted by molar-refractivity contribution is 7.91. The molecule has 11 heteroatoms. The third-order valence-corrected chi connectivity index (χ3v) is 10.2. The fourth-order valence-corrected chi connectivity index (χ4v) is 6.75. The predicted molar refractivity (Wildman–Crippen MR) is 173 cm³/mol. The Morgan fingerprint density at radius 1 is 0.467 bits per heavy atom. The lowest BCUT2D eigenvalue weighted by molar-refractivity contribution is 0.481. The molecule has 0 atom stereocenters. The van der Waals surface area contributed by atoms with E-state index in [1.807, 2.05) is 26.0 Å². The van der Waals surface area contributed by atoms with E-state index >= 15 is 0 Å². The Morgan fingerprint density at radius 3 is 1.04 bits per heavy atom. The molecule has 0 amide bonds. The Balaban J connectivity index is 0.000000854. The van der Waals surface area contributed by atoms with Crippen molar-refractivity contribution in [2.24, 2.45) is 0 Å². The van der Waals surface area contributed by atoms with E-state index in [2.05, 4.69) is 24.3 Å². The molecular weight excluding hydrogens is 633 g/mol. The SMILES string of the molecule is CS(=O)(=O)O.Cc1ccc(Cc2ccc(S(=O)(=O)c3ccc(Oc4ccc(S(=O)(=O)c5ccc(C)cc5)cc4)cc3)cc2)cc1. The normalized spacial score (nSPS) is 11.7. The first-order valence-electron chi connectivity index (χ1n) is 13.6. The first kappa shape index (κ1) is 33.6. The van der Waals surface area contributed by atoms with E-state index in [0.29, 0.717) is 17.8 Å². The van der Waals surface area contributed by atoms with Gasteiger partial charge in [-0.1, -0.05) is 59.7 Å². The summed E-state index contributed by atoms with van der Waals surface area (Å²) in [5.41, 5.74) is 4.38. The summed E-state index contributed by atoms with van der Waals surface area (Å²) in [5.74, 6) is 0.865. The highest BCUT2D eigenvalue weighted by atomic mass is 32.2. The molecule has 5 aromatic rings. The first-order valence-corrected chi connectivity index (χ1v) is 18.4. The molecule has 5 aromatic carbocycles. The maximum absolute atomic E-state index is 13.2. The molecule has 5 rings (SSSR count). The molecule has 0 unspecified atom stereocenters. The van der Waals surface area contributed by atoms with E-state index in [4.69, 9.17) is 9.29 Å². The van der Waals surface area contributed by atoms with Crippen molar-refractivity contribution >= 4 is 29.8 Å². The quantitative estimate of drug-likeness (QED) is 0.178. The monoisotopic (exact) mass is 664 g/mol. The van der Waals surface area contributed by atoms with Crippen LogP contribution in [0, 0.1) is 13.8 Å². The molecule has 0 radical (unpaired) electrons. The van der Waals surface area contributed by atoms with Gasteiger partial charge in [0, 0.05) is 0 Å². The van der Waals surface area contributed by atoms with E-state index in [9.17, 15) is 25.3 Å². The van der Waals surface area contributed by atoms with Gasteiger partial charge in [-0.2, -0.15) is 8.42 Å². The van der Waals surface area contributed by atoms with Crippen molar-refractivity contribution in [3.8, 4) is 11.5 Å². The Kier molecular flexibility index (Phi) is 10.3. The van der Waals surface area contributed by atoms with Crippen molar-refractivity contribution in [3.63, 3.8) is 0 Å². The second-order valence-electron chi connectivity index (χ2n) is 10.4. The van der Waals surface area contributed by atoms with Gasteiger partial charge in [0.2, 0.25) is 19.7 Å². The number of rotatable bonds is 8. The van der Waals surface area contributed by atoms with E-state index in [1.54, 1.807) is 60.7 Å². The molecule has 1 N–H and O–H groups in total. The lowest BCUT2D eigenvalue weighted by Gasteiger charge is -2.10. The molecule has 0 spiro atoms. The number of aryl methyl sites for hydroxylation is 2. The number of ether oxygens (including phenoxy) is 1. The molecule has 45 heavy (non-hydrogen) atoms. The molecule has 8 nitrogen and oxygen atoms in total. The average molecular weight is 665 g/mol. The van der Waals surface area contributed by atoms with Gasteiger partial charge in [0.25, 0.3) is 10.1 Å². The van der Waals surface area contributed by atoms with Crippen molar-refractivity contribution in [2.75, 3.05) is 6.26 Å². The average Bonchev–Trinajstić information content (AvgIpc) is 2.99. The van der Waals surface area contributed by atoms with E-state index < -0.39 is 29.8 Å². The maximum atomic E-state index is 13.2. The standard InChI is InChI=1S/C33H28O5S2.CH4O3S/c1-24-3-7-26(8-4-24)23-27-9-17-31(18-10-27)40(36,37)33-21-13-29(14-22-33)38-28-11-19-32(20-12-28)39(34,35)30-15-5-25(2)6-16-30;1-5(2,3)4/h3-22H,23H2,1-2H3;1H3,(H,2,3,4). The fourth-order valence-electron chi connectivity index (χ4n) is 4.23. The molecule has 234 valence electrons. The summed E-state index contributed by atoms with van der Waals surface area (Å²) in [4.78, 5) is 0.768. The zero-order chi connectivity index (χ0) is 32.8. The number of sulfone groups is 2. The minimum absolute atomic E-state index is 0.158. The molecule has 0 saturated carbocycles. The van der Waals surface area contributed by atoms with Crippen LogP contribution in [-0.4, -0.2) is 36.1 Å². The lowest BCUT2D eigenvalue weighted by Crippen LogP contribution is -2.02. The van der Waals surface area contributed by atoms with Crippen molar-refractivity contribution in [1.29, 1.82) is 0 Å². The van der Waals surface area contributed by atoms with E-state index in [0.717, 1.165) is 17.5 Å². The van der Waals surface area contributed by atoms with Crippen LogP contribution in [-0.2, 0) is 36.2 Å². The van der Waals surface area contributed by atoms with E-state index in [-0.39, 0.29) is 19.6 Å². The third kappa shape index (κ3) is 9.35. The van der Waals surface area contributed by atoms with Gasteiger partial charge in [0.05, 0.1) is 25.8 Å². The van der Waals surface area contributed by atoms with Crippen LogP contribution in [0.15, 0.2) is 141 Å². The molecule has 0 heterocycles. The molecule has 0 bridgehead atoms. The van der Waals surface area contributed by atoms with Crippen molar-refractivity contribution in [1.82, 2.24) is 0 Å². The van der Waals surface area contributed by atoms with Crippen LogP contribution >= 0.6 is 0 Å². The molecule has 0 aromatic heterocycles. The second-order valence-corrected chi connectivity index (χ2v) is 15.8. The summed E-state index contributed by atoms with van der Waals surface area (Å²) >= 11 is 0. The van der Waals surface area contributed by atoms with Crippen LogP contribution in [0.5, 0.6) is 11.5 Å². The number of hydrogen-bond donors (Lipinski definition) is 1. The second kappa shape index (κ2) is 13.8. The van der Waals surface area contributed by atoms with Gasteiger partial charge in [0.15, 0.2) is 0 Å². The molecule has 0 aliphatic rings. The van der Waals surface area contributed by atoms with Gasteiger partial charge in [0.1, 0.15) is 11.5 Å². The van der Waals surface area contributed by atoms with E-state index in [1.165, 1.54) is 35.4 Å². The lowest BCUT2D eigenvalue weighted by atomic mass is 10.0. The van der Waals surface area contributed by atoms with Crippen molar-refractivity contribution in [2.45, 2.75) is 39.9 Å². The summed E-state index contributed by atoms with van der Waals surface area (Å²) in [5, 5.41) is 0. The molecule has 0 aliphatic carbocycles. The van der Waals surface area contributed by atoms with Crippen LogP contribution in [0.1, 0.15) is 22.3 Å². The van der Waals surface area contributed by atoms with Crippen LogP contribution < -0.4 is 4.74 Å². The van der Waals surface area contributed by atoms with Crippen LogP contribution in [0.2, 0.25) is 0 Å². The molecular formula is C34H32O8S3. The summed E-state index contributed by atoms with van der Waals surface area (Å²) < 4.78 is 83.8. The summed E-state index contributed by atoms with van der Waals surface area (Å²) in [6, 6.07) is 34.2. The van der Waals surface area contributed by atoms with Crippen molar-refractivity contribution in [3.05, 3.63) is 144 Å². The number of benzene rings is 5. The summed E-state index contributed by atoms with van der Waals surface area (Å²) in [6.07, 6.45) is 1.44. The zero-order valence-corrected chi connectivity index (χ0v) is 27.2. The van der Waals surface area contributed by atoms with Crippen LogP contribution in [0.25, 0.3) is 0 Å². The van der Waals surface area contributed by atoms with Crippen LogP contribution in [0.3, 0.4) is 0 Å². The molecule has 0 saturated heterocycles. The number of hydrogen-bond acceptors (Lipinski definition) is 7. The predicted octanol–water partition coefficient (Wildman–Crippen LogP) is 6.86. The van der Waals surface area contributed by atoms with Gasteiger partial charge >= 0.3 is 0 Å². The Hall–Kier alpha value is -4.29. The van der Waals surface area contributed by atoms with Gasteiger partial charge < -0.3 is 4.74 Å². The fraction of sp³-hybridized carbons (Fsp3) is 0.118. The smallest absolute Gasteiger partial charge is 0.261 e. The molecule has 0 fully saturated rings. The largest absolute Gasteiger partial charge is 0.457 e. The van der Waals surface area contributed by atoms with Gasteiger partial charge in [-0.15, -0.1) is 0 Å². The zero-order valence-electron chi connectivity index (χ0n) is 24.8. The maximum Gasteiger partial charge on any atom is 0.261 e. The first-order chi connectivity index (χ1) is 21.1. The Morgan fingerprint density at radius 2 is 0.711 bits per heavy atom. The topological polar surface area (TPSA) is 132 Å².